The zero-order chi connectivity index (χ0) is 29.1. The van der Waals surface area contributed by atoms with E-state index in [0.717, 1.165) is 11.1 Å². The van der Waals surface area contributed by atoms with Gasteiger partial charge in [0.05, 0.1) is 42.2 Å². The standard InChI is InChI=1S/C31H31N3O6S/c1-5-39-21-7-8-22-25(17-21)41-31(33-22)34-27(20-6-9-23(24(16-20)38-4)40-15-12-18(2)3)26(29(36)30(34)37)28(35)19-10-13-32-14-11-19/h6-11,13-14,16-18,27,35H,5,12,15H2,1-4H3/b28-26+. The van der Waals surface area contributed by atoms with Gasteiger partial charge < -0.3 is 19.3 Å². The molecule has 1 saturated heterocycles. The highest BCUT2D eigenvalue weighted by Crippen LogP contribution is 2.46. The highest BCUT2D eigenvalue weighted by Gasteiger charge is 2.48. The number of Topliss-reactive ketones (excluding diaryl/α,β-unsaturated/α-hetero) is 1. The largest absolute Gasteiger partial charge is 0.507 e. The van der Waals surface area contributed by atoms with Gasteiger partial charge in [0.25, 0.3) is 5.78 Å². The van der Waals surface area contributed by atoms with Crippen molar-refractivity contribution in [2.24, 2.45) is 5.92 Å². The van der Waals surface area contributed by atoms with Crippen molar-refractivity contribution < 1.29 is 28.9 Å². The van der Waals surface area contributed by atoms with Crippen LogP contribution in [0.1, 0.15) is 44.4 Å². The van der Waals surface area contributed by atoms with Crippen molar-refractivity contribution in [1.29, 1.82) is 0 Å². The predicted molar refractivity (Wildman–Crippen MR) is 158 cm³/mol. The van der Waals surface area contributed by atoms with Crippen molar-refractivity contribution in [2.75, 3.05) is 25.2 Å². The number of hydrogen-bond acceptors (Lipinski definition) is 9. The van der Waals surface area contributed by atoms with Crippen molar-refractivity contribution in [1.82, 2.24) is 9.97 Å². The Morgan fingerprint density at radius 3 is 2.54 bits per heavy atom. The quantitative estimate of drug-likeness (QED) is 0.137. The molecule has 0 saturated carbocycles. The number of pyridine rings is 1. The van der Waals surface area contributed by atoms with Crippen LogP contribution in [-0.2, 0) is 9.59 Å². The van der Waals surface area contributed by atoms with Gasteiger partial charge in [0.1, 0.15) is 11.5 Å². The number of nitrogens with zero attached hydrogens (tertiary/aromatic N) is 3. The van der Waals surface area contributed by atoms with E-state index in [1.165, 1.54) is 35.7 Å². The lowest BCUT2D eigenvalue weighted by molar-refractivity contribution is -0.132. The Labute approximate surface area is 242 Å². The van der Waals surface area contributed by atoms with Gasteiger partial charge >= 0.3 is 5.91 Å². The summed E-state index contributed by atoms with van der Waals surface area (Å²) in [6, 6.07) is 12.9. The third-order valence-corrected chi connectivity index (χ3v) is 7.74. The number of ketones is 1. The van der Waals surface area contributed by atoms with Crippen LogP contribution in [0.4, 0.5) is 5.13 Å². The van der Waals surface area contributed by atoms with Crippen LogP contribution in [-0.4, -0.2) is 47.1 Å². The van der Waals surface area contributed by atoms with Crippen molar-refractivity contribution in [2.45, 2.75) is 33.2 Å². The van der Waals surface area contributed by atoms with Gasteiger partial charge in [-0.3, -0.25) is 19.5 Å². The number of thiazole rings is 1. The fourth-order valence-electron chi connectivity index (χ4n) is 4.64. The molecule has 1 unspecified atom stereocenters. The molecule has 4 aromatic rings. The van der Waals surface area contributed by atoms with Gasteiger partial charge in [-0.05, 0) is 67.3 Å². The number of amides is 1. The topological polar surface area (TPSA) is 111 Å². The van der Waals surface area contributed by atoms with Gasteiger partial charge in [-0.2, -0.15) is 0 Å². The molecule has 1 fully saturated rings. The molecule has 10 heteroatoms. The molecule has 1 N–H and O–H groups in total. The van der Waals surface area contributed by atoms with E-state index in [1.807, 2.05) is 25.1 Å². The normalized spacial score (nSPS) is 16.5. The first-order valence-electron chi connectivity index (χ1n) is 13.4. The molecule has 9 nitrogen and oxygen atoms in total. The second-order valence-electron chi connectivity index (χ2n) is 9.91. The Morgan fingerprint density at radius 1 is 1.05 bits per heavy atom. The number of anilines is 1. The molecule has 1 aliphatic heterocycles. The van der Waals surface area contributed by atoms with Crippen LogP contribution in [0, 0.1) is 5.92 Å². The van der Waals surface area contributed by atoms with E-state index in [-0.39, 0.29) is 11.3 Å². The number of rotatable bonds is 10. The molecular weight excluding hydrogens is 542 g/mol. The molecule has 2 aromatic carbocycles. The van der Waals surface area contributed by atoms with E-state index in [2.05, 4.69) is 23.8 Å². The van der Waals surface area contributed by atoms with Crippen molar-refractivity contribution in [3.63, 3.8) is 0 Å². The van der Waals surface area contributed by atoms with Crippen LogP contribution in [0.15, 0.2) is 66.5 Å². The first-order chi connectivity index (χ1) is 19.8. The lowest BCUT2D eigenvalue weighted by Crippen LogP contribution is -2.29. The second kappa shape index (κ2) is 12.0. The van der Waals surface area contributed by atoms with E-state index in [0.29, 0.717) is 58.2 Å². The number of aliphatic hydroxyl groups is 1. The number of methoxy groups -OCH3 is 1. The number of hydrogen-bond donors (Lipinski definition) is 1. The summed E-state index contributed by atoms with van der Waals surface area (Å²) >= 11 is 1.27. The minimum absolute atomic E-state index is 0.0500. The van der Waals surface area contributed by atoms with Crippen LogP contribution in [0.25, 0.3) is 16.0 Å². The van der Waals surface area contributed by atoms with Gasteiger partial charge in [0.2, 0.25) is 0 Å². The molecule has 0 radical (unpaired) electrons. The van der Waals surface area contributed by atoms with Gasteiger partial charge in [0.15, 0.2) is 16.6 Å². The maximum absolute atomic E-state index is 13.6. The van der Waals surface area contributed by atoms with Crippen molar-refractivity contribution in [3.05, 3.63) is 77.6 Å². The second-order valence-corrected chi connectivity index (χ2v) is 10.9. The molecule has 1 atom stereocenters. The predicted octanol–water partition coefficient (Wildman–Crippen LogP) is 6.15. The lowest BCUT2D eigenvalue weighted by atomic mass is 9.95. The summed E-state index contributed by atoms with van der Waals surface area (Å²) in [5.41, 5.74) is 1.54. The van der Waals surface area contributed by atoms with Crippen molar-refractivity contribution >= 4 is 44.1 Å². The Morgan fingerprint density at radius 2 is 1.83 bits per heavy atom. The Hall–Kier alpha value is -4.44. The van der Waals surface area contributed by atoms with Crippen LogP contribution in [0.5, 0.6) is 17.2 Å². The smallest absolute Gasteiger partial charge is 0.301 e. The zero-order valence-corrected chi connectivity index (χ0v) is 24.1. The van der Waals surface area contributed by atoms with E-state index in [9.17, 15) is 14.7 Å². The molecule has 1 amide bonds. The molecular formula is C31H31N3O6S. The summed E-state index contributed by atoms with van der Waals surface area (Å²) in [6.07, 6.45) is 3.89. The molecule has 5 rings (SSSR count). The Kier molecular flexibility index (Phi) is 8.21. The Bertz CT molecular complexity index is 1610. The molecule has 3 heterocycles. The van der Waals surface area contributed by atoms with Gasteiger partial charge in [0, 0.05) is 18.0 Å². The van der Waals surface area contributed by atoms with Gasteiger partial charge in [-0.1, -0.05) is 31.3 Å². The van der Waals surface area contributed by atoms with Crippen LogP contribution < -0.4 is 19.1 Å². The maximum Gasteiger partial charge on any atom is 0.301 e. The van der Waals surface area contributed by atoms with Crippen LogP contribution in [0.3, 0.4) is 0 Å². The summed E-state index contributed by atoms with van der Waals surface area (Å²) in [6.45, 7) is 7.17. The molecule has 212 valence electrons. The summed E-state index contributed by atoms with van der Waals surface area (Å²) in [7, 11) is 1.53. The van der Waals surface area contributed by atoms with Crippen molar-refractivity contribution in [3.8, 4) is 17.2 Å². The zero-order valence-electron chi connectivity index (χ0n) is 23.3. The fraction of sp³-hybridized carbons (Fsp3) is 0.290. The number of fused-ring (bicyclic) bond motifs is 1. The minimum Gasteiger partial charge on any atom is -0.507 e. The third kappa shape index (κ3) is 5.60. The first kappa shape index (κ1) is 28.1. The highest BCUT2D eigenvalue weighted by molar-refractivity contribution is 7.22. The fourth-order valence-corrected chi connectivity index (χ4v) is 5.66. The summed E-state index contributed by atoms with van der Waals surface area (Å²) < 4.78 is 18.0. The lowest BCUT2D eigenvalue weighted by Gasteiger charge is -2.24. The molecule has 0 aliphatic carbocycles. The number of aromatic nitrogens is 2. The maximum atomic E-state index is 13.6. The third-order valence-electron chi connectivity index (χ3n) is 6.72. The molecule has 41 heavy (non-hydrogen) atoms. The summed E-state index contributed by atoms with van der Waals surface area (Å²) in [4.78, 5) is 37.2. The van der Waals surface area contributed by atoms with Crippen LogP contribution in [0.2, 0.25) is 0 Å². The molecule has 1 aliphatic rings. The van der Waals surface area contributed by atoms with E-state index < -0.39 is 17.7 Å². The van der Waals surface area contributed by atoms with E-state index >= 15 is 0 Å². The van der Waals surface area contributed by atoms with Crippen LogP contribution >= 0.6 is 11.3 Å². The van der Waals surface area contributed by atoms with Gasteiger partial charge in [-0.25, -0.2) is 4.98 Å². The Balaban J connectivity index is 1.64. The number of aliphatic hydroxyl groups excluding tert-OH is 1. The molecule has 0 bridgehead atoms. The van der Waals surface area contributed by atoms with E-state index in [4.69, 9.17) is 14.2 Å². The number of carbonyl (C=O) groups is 2. The monoisotopic (exact) mass is 573 g/mol. The number of carbonyl (C=O) groups excluding carboxylic acids is 2. The average Bonchev–Trinajstić information content (AvgIpc) is 3.50. The summed E-state index contributed by atoms with van der Waals surface area (Å²) in [5.74, 6) is 0.267. The van der Waals surface area contributed by atoms with E-state index in [1.54, 1.807) is 30.3 Å². The SMILES string of the molecule is CCOc1ccc2nc(N3C(=O)C(=O)/C(=C(/O)c4ccncc4)C3c3ccc(OCCC(C)C)c(OC)c3)sc2c1. The summed E-state index contributed by atoms with van der Waals surface area (Å²) in [5, 5.41) is 11.7. The minimum atomic E-state index is -0.964. The number of benzene rings is 2. The first-order valence-corrected chi connectivity index (χ1v) is 14.2. The molecule has 2 aromatic heterocycles. The average molecular weight is 574 g/mol. The molecule has 0 spiro atoms. The van der Waals surface area contributed by atoms with Gasteiger partial charge in [-0.15, -0.1) is 0 Å². The number of ether oxygens (including phenoxy) is 3. The highest BCUT2D eigenvalue weighted by atomic mass is 32.1.